The number of aryl methyl sites for hydroxylation is 1. The van der Waals surface area contributed by atoms with E-state index < -0.39 is 12.1 Å². The predicted molar refractivity (Wildman–Crippen MR) is 112 cm³/mol. The Balaban J connectivity index is 1.53. The molecule has 1 aliphatic carbocycles. The van der Waals surface area contributed by atoms with E-state index in [1.807, 2.05) is 25.1 Å². The van der Waals surface area contributed by atoms with Gasteiger partial charge in [-0.25, -0.2) is 4.79 Å². The minimum Gasteiger partial charge on any atom is -0.449 e. The van der Waals surface area contributed by atoms with E-state index >= 15 is 0 Å². The summed E-state index contributed by atoms with van der Waals surface area (Å²) < 4.78 is 10.5. The summed E-state index contributed by atoms with van der Waals surface area (Å²) in [5.41, 5.74) is 1.26. The molecule has 0 spiro atoms. The van der Waals surface area contributed by atoms with E-state index in [-0.39, 0.29) is 5.91 Å². The fourth-order valence-electron chi connectivity index (χ4n) is 3.46. The molecule has 1 atom stereocenters. The van der Waals surface area contributed by atoms with Gasteiger partial charge in [-0.15, -0.1) is 11.8 Å². The van der Waals surface area contributed by atoms with Crippen LogP contribution in [0.2, 0.25) is 0 Å². The standard InChI is InChI=1S/C22H28N2O4S/c1-15-12-18(24-28-15)14-29-20-11-7-6-10-19(20)22(26)27-16(2)21(25)23-13-17-8-4-3-5-9-17/h6-7,10-12,16-17H,3-5,8-9,13-14H2,1-2H3,(H,23,25)/t16-/m0/s1. The van der Waals surface area contributed by atoms with Gasteiger partial charge in [0.15, 0.2) is 6.10 Å². The third-order valence-electron chi connectivity index (χ3n) is 5.10. The molecular weight excluding hydrogens is 388 g/mol. The minimum atomic E-state index is -0.831. The summed E-state index contributed by atoms with van der Waals surface area (Å²) in [4.78, 5) is 25.8. The molecule has 0 bridgehead atoms. The molecule has 1 saturated carbocycles. The number of hydrogen-bond donors (Lipinski definition) is 1. The van der Waals surface area contributed by atoms with Crippen LogP contribution in [0.15, 0.2) is 39.8 Å². The van der Waals surface area contributed by atoms with Crippen molar-refractivity contribution in [2.24, 2.45) is 5.92 Å². The second-order valence-electron chi connectivity index (χ2n) is 7.51. The number of esters is 1. The second kappa shape index (κ2) is 10.5. The van der Waals surface area contributed by atoms with E-state index in [0.29, 0.717) is 23.8 Å². The Kier molecular flexibility index (Phi) is 7.75. The van der Waals surface area contributed by atoms with E-state index in [4.69, 9.17) is 9.26 Å². The Morgan fingerprint density at radius 3 is 2.76 bits per heavy atom. The Morgan fingerprint density at radius 2 is 2.03 bits per heavy atom. The summed E-state index contributed by atoms with van der Waals surface area (Å²) in [7, 11) is 0. The van der Waals surface area contributed by atoms with E-state index in [9.17, 15) is 9.59 Å². The van der Waals surface area contributed by atoms with Gasteiger partial charge in [-0.3, -0.25) is 4.79 Å². The molecule has 2 aromatic rings. The van der Waals surface area contributed by atoms with E-state index in [1.165, 1.54) is 31.0 Å². The number of carbonyl (C=O) groups excluding carboxylic acids is 2. The Labute approximate surface area is 175 Å². The lowest BCUT2D eigenvalue weighted by Gasteiger charge is -2.22. The second-order valence-corrected chi connectivity index (χ2v) is 8.53. The van der Waals surface area contributed by atoms with Crippen molar-refractivity contribution >= 4 is 23.6 Å². The number of ether oxygens (including phenoxy) is 1. The minimum absolute atomic E-state index is 0.243. The number of aromatic nitrogens is 1. The normalized spacial score (nSPS) is 15.7. The van der Waals surface area contributed by atoms with Crippen LogP contribution in [0.5, 0.6) is 0 Å². The van der Waals surface area contributed by atoms with Crippen molar-refractivity contribution in [1.29, 1.82) is 0 Å². The first-order valence-corrected chi connectivity index (χ1v) is 11.1. The van der Waals surface area contributed by atoms with Gasteiger partial charge in [-0.2, -0.15) is 0 Å². The number of carbonyl (C=O) groups is 2. The summed E-state index contributed by atoms with van der Waals surface area (Å²) >= 11 is 1.48. The number of thioether (sulfide) groups is 1. The number of amides is 1. The van der Waals surface area contributed by atoms with Crippen LogP contribution in [0.25, 0.3) is 0 Å². The first-order chi connectivity index (χ1) is 14.0. The molecule has 1 fully saturated rings. The zero-order valence-corrected chi connectivity index (χ0v) is 17.8. The zero-order valence-electron chi connectivity index (χ0n) is 17.0. The van der Waals surface area contributed by atoms with Crippen LogP contribution in [0.1, 0.15) is 60.8 Å². The molecule has 29 heavy (non-hydrogen) atoms. The van der Waals surface area contributed by atoms with Gasteiger partial charge in [0.2, 0.25) is 0 Å². The van der Waals surface area contributed by atoms with Crippen molar-refractivity contribution in [3.63, 3.8) is 0 Å². The molecule has 0 unspecified atom stereocenters. The van der Waals surface area contributed by atoms with E-state index in [1.54, 1.807) is 19.1 Å². The van der Waals surface area contributed by atoms with Gasteiger partial charge in [0, 0.05) is 23.3 Å². The van der Waals surface area contributed by atoms with Crippen LogP contribution < -0.4 is 5.32 Å². The quantitative estimate of drug-likeness (QED) is 0.503. The molecule has 1 heterocycles. The Morgan fingerprint density at radius 1 is 1.28 bits per heavy atom. The molecule has 6 nitrogen and oxygen atoms in total. The van der Waals surface area contributed by atoms with Crippen LogP contribution in [-0.4, -0.2) is 29.7 Å². The van der Waals surface area contributed by atoms with Gasteiger partial charge in [0.05, 0.1) is 11.3 Å². The fourth-order valence-corrected chi connectivity index (χ4v) is 4.38. The lowest BCUT2D eigenvalue weighted by molar-refractivity contribution is -0.129. The third-order valence-corrected chi connectivity index (χ3v) is 6.21. The number of benzene rings is 1. The van der Waals surface area contributed by atoms with Crippen molar-refractivity contribution in [3.8, 4) is 0 Å². The monoisotopic (exact) mass is 416 g/mol. The molecule has 0 saturated heterocycles. The molecule has 7 heteroatoms. The van der Waals surface area contributed by atoms with Crippen LogP contribution in [0, 0.1) is 12.8 Å². The molecular formula is C22H28N2O4S. The molecule has 1 aliphatic rings. The van der Waals surface area contributed by atoms with Crippen LogP contribution >= 0.6 is 11.8 Å². The van der Waals surface area contributed by atoms with Crippen molar-refractivity contribution in [3.05, 3.63) is 47.3 Å². The highest BCUT2D eigenvalue weighted by Crippen LogP contribution is 2.27. The van der Waals surface area contributed by atoms with Crippen LogP contribution in [0.4, 0.5) is 0 Å². The van der Waals surface area contributed by atoms with Crippen molar-refractivity contribution in [2.45, 2.75) is 62.7 Å². The largest absolute Gasteiger partial charge is 0.449 e. The average Bonchev–Trinajstić information content (AvgIpc) is 3.16. The predicted octanol–water partition coefficient (Wildman–Crippen LogP) is 4.52. The number of rotatable bonds is 8. The van der Waals surface area contributed by atoms with Gasteiger partial charge in [0.1, 0.15) is 5.76 Å². The summed E-state index contributed by atoms with van der Waals surface area (Å²) in [5, 5.41) is 6.90. The number of nitrogens with one attached hydrogen (secondary N) is 1. The summed E-state index contributed by atoms with van der Waals surface area (Å²) in [5.74, 6) is 1.13. The molecule has 1 aromatic carbocycles. The Bertz CT molecular complexity index is 830. The lowest BCUT2D eigenvalue weighted by atomic mass is 9.89. The number of nitrogens with zero attached hydrogens (tertiary/aromatic N) is 1. The first kappa shape index (κ1) is 21.4. The van der Waals surface area contributed by atoms with E-state index in [0.717, 1.165) is 29.2 Å². The molecule has 1 N–H and O–H groups in total. The summed E-state index contributed by atoms with van der Waals surface area (Å²) in [6.07, 6.45) is 5.23. The average molecular weight is 417 g/mol. The maximum Gasteiger partial charge on any atom is 0.340 e. The molecule has 1 amide bonds. The Hall–Kier alpha value is -2.28. The highest BCUT2D eigenvalue weighted by atomic mass is 32.2. The van der Waals surface area contributed by atoms with Gasteiger partial charge < -0.3 is 14.6 Å². The van der Waals surface area contributed by atoms with Gasteiger partial charge >= 0.3 is 5.97 Å². The lowest BCUT2D eigenvalue weighted by Crippen LogP contribution is -2.38. The third kappa shape index (κ3) is 6.35. The molecule has 156 valence electrons. The van der Waals surface area contributed by atoms with Gasteiger partial charge in [-0.1, -0.05) is 36.6 Å². The summed E-state index contributed by atoms with van der Waals surface area (Å²) in [6.45, 7) is 4.11. The van der Waals surface area contributed by atoms with Crippen LogP contribution in [0.3, 0.4) is 0 Å². The molecule has 0 aliphatic heterocycles. The first-order valence-electron chi connectivity index (χ1n) is 10.2. The van der Waals surface area contributed by atoms with E-state index in [2.05, 4.69) is 10.5 Å². The fraction of sp³-hybridized carbons (Fsp3) is 0.500. The highest BCUT2D eigenvalue weighted by molar-refractivity contribution is 7.98. The highest BCUT2D eigenvalue weighted by Gasteiger charge is 2.22. The number of hydrogen-bond acceptors (Lipinski definition) is 6. The smallest absolute Gasteiger partial charge is 0.340 e. The zero-order chi connectivity index (χ0) is 20.6. The molecule has 3 rings (SSSR count). The topological polar surface area (TPSA) is 81.4 Å². The van der Waals surface area contributed by atoms with Crippen molar-refractivity contribution in [1.82, 2.24) is 10.5 Å². The van der Waals surface area contributed by atoms with Gasteiger partial charge in [0.25, 0.3) is 5.91 Å². The van der Waals surface area contributed by atoms with Crippen molar-refractivity contribution < 1.29 is 18.8 Å². The maximum atomic E-state index is 12.7. The van der Waals surface area contributed by atoms with Crippen molar-refractivity contribution in [2.75, 3.05) is 6.54 Å². The SMILES string of the molecule is Cc1cc(CSc2ccccc2C(=O)O[C@@H](C)C(=O)NCC2CCCCC2)no1. The van der Waals surface area contributed by atoms with Crippen LogP contribution in [-0.2, 0) is 15.3 Å². The maximum absolute atomic E-state index is 12.7. The molecule has 0 radical (unpaired) electrons. The van der Waals surface area contributed by atoms with Gasteiger partial charge in [-0.05, 0) is 44.7 Å². The molecule has 1 aromatic heterocycles. The summed E-state index contributed by atoms with van der Waals surface area (Å²) in [6, 6.07) is 9.10.